The maximum absolute atomic E-state index is 9.25. The summed E-state index contributed by atoms with van der Waals surface area (Å²) in [6, 6.07) is 14.7. The van der Waals surface area contributed by atoms with E-state index in [-0.39, 0.29) is 12.5 Å². The summed E-state index contributed by atoms with van der Waals surface area (Å²) in [6.07, 6.45) is 0.981. The number of hydrogen-bond donors (Lipinski definition) is 1. The van der Waals surface area contributed by atoms with Gasteiger partial charge in [0.1, 0.15) is 0 Å². The molecule has 1 N–H and O–H groups in total. The summed E-state index contributed by atoms with van der Waals surface area (Å²) in [7, 11) is 0. The van der Waals surface area contributed by atoms with E-state index in [4.69, 9.17) is 0 Å². The number of aliphatic hydroxyl groups excluding tert-OH is 1. The van der Waals surface area contributed by atoms with Gasteiger partial charge in [0, 0.05) is 12.5 Å². The first kappa shape index (κ1) is 10.2. The Kier molecular flexibility index (Phi) is 3.02. The molecule has 15 heavy (non-hydrogen) atoms. The van der Waals surface area contributed by atoms with Crippen molar-refractivity contribution in [3.05, 3.63) is 48.0 Å². The van der Waals surface area contributed by atoms with Gasteiger partial charge in [0.15, 0.2) is 0 Å². The molecule has 0 fully saturated rings. The minimum absolute atomic E-state index is 0.231. The van der Waals surface area contributed by atoms with E-state index in [9.17, 15) is 5.11 Å². The van der Waals surface area contributed by atoms with E-state index in [1.54, 1.807) is 0 Å². The maximum Gasteiger partial charge on any atom is 0.0499 e. The zero-order valence-corrected chi connectivity index (χ0v) is 8.98. The summed E-state index contributed by atoms with van der Waals surface area (Å²) in [5.74, 6) is 0.273. The number of hydrogen-bond acceptors (Lipinski definition) is 1. The van der Waals surface area contributed by atoms with Crippen LogP contribution in [0.3, 0.4) is 0 Å². The lowest BCUT2D eigenvalue weighted by atomic mass is 9.95. The zero-order chi connectivity index (χ0) is 10.7. The lowest BCUT2D eigenvalue weighted by molar-refractivity contribution is 0.262. The van der Waals surface area contributed by atoms with Gasteiger partial charge in [-0.15, -0.1) is 0 Å². The quantitative estimate of drug-likeness (QED) is 0.805. The van der Waals surface area contributed by atoms with Crippen LogP contribution in [0.4, 0.5) is 0 Å². The van der Waals surface area contributed by atoms with E-state index in [0.29, 0.717) is 0 Å². The Morgan fingerprint density at radius 3 is 2.47 bits per heavy atom. The van der Waals surface area contributed by atoms with Gasteiger partial charge in [-0.2, -0.15) is 0 Å². The van der Waals surface area contributed by atoms with Crippen LogP contribution in [-0.2, 0) is 0 Å². The second-order valence-electron chi connectivity index (χ2n) is 3.89. The molecule has 0 aliphatic carbocycles. The second-order valence-corrected chi connectivity index (χ2v) is 3.89. The van der Waals surface area contributed by atoms with Gasteiger partial charge in [-0.25, -0.2) is 0 Å². The van der Waals surface area contributed by atoms with Crippen molar-refractivity contribution in [3.8, 4) is 0 Å². The standard InChI is InChI=1S/C14H16O/c1-2-11(10-15)14-8-7-12-5-3-4-6-13(12)9-14/h3-9,11,15H,2,10H2,1H3. The highest BCUT2D eigenvalue weighted by Crippen LogP contribution is 2.23. The van der Waals surface area contributed by atoms with Crippen molar-refractivity contribution in [2.24, 2.45) is 0 Å². The molecule has 0 aliphatic heterocycles. The number of rotatable bonds is 3. The molecule has 1 nitrogen and oxygen atoms in total. The Morgan fingerprint density at radius 2 is 1.80 bits per heavy atom. The van der Waals surface area contributed by atoms with Gasteiger partial charge in [-0.1, -0.05) is 49.4 Å². The molecule has 0 amide bonds. The third kappa shape index (κ3) is 2.02. The van der Waals surface area contributed by atoms with Gasteiger partial charge in [0.2, 0.25) is 0 Å². The van der Waals surface area contributed by atoms with Crippen molar-refractivity contribution >= 4 is 10.8 Å². The van der Waals surface area contributed by atoms with Crippen molar-refractivity contribution in [1.82, 2.24) is 0 Å². The average Bonchev–Trinajstić information content (AvgIpc) is 2.30. The Balaban J connectivity index is 2.46. The average molecular weight is 200 g/mol. The molecule has 1 heteroatoms. The van der Waals surface area contributed by atoms with E-state index in [0.717, 1.165) is 6.42 Å². The normalized spacial score (nSPS) is 12.9. The van der Waals surface area contributed by atoms with Gasteiger partial charge in [0.05, 0.1) is 0 Å². The van der Waals surface area contributed by atoms with Crippen molar-refractivity contribution in [3.63, 3.8) is 0 Å². The Morgan fingerprint density at radius 1 is 1.07 bits per heavy atom. The van der Waals surface area contributed by atoms with Crippen molar-refractivity contribution in [2.45, 2.75) is 19.3 Å². The van der Waals surface area contributed by atoms with Crippen LogP contribution in [0.1, 0.15) is 24.8 Å². The van der Waals surface area contributed by atoms with Gasteiger partial charge in [-0.3, -0.25) is 0 Å². The minimum Gasteiger partial charge on any atom is -0.396 e. The summed E-state index contributed by atoms with van der Waals surface area (Å²) >= 11 is 0. The fourth-order valence-corrected chi connectivity index (χ4v) is 1.93. The Hall–Kier alpha value is -1.34. The monoisotopic (exact) mass is 200 g/mol. The molecular weight excluding hydrogens is 184 g/mol. The number of aliphatic hydroxyl groups is 1. The Bertz CT molecular complexity index is 444. The predicted octanol–water partition coefficient (Wildman–Crippen LogP) is 3.33. The lowest BCUT2D eigenvalue weighted by Gasteiger charge is -2.12. The molecule has 1 unspecified atom stereocenters. The van der Waals surface area contributed by atoms with E-state index in [2.05, 4.69) is 37.3 Å². The summed E-state index contributed by atoms with van der Waals surface area (Å²) in [5.41, 5.74) is 1.23. The van der Waals surface area contributed by atoms with Gasteiger partial charge in [-0.05, 0) is 22.8 Å². The summed E-state index contributed by atoms with van der Waals surface area (Å²) in [5, 5.41) is 11.8. The fraction of sp³-hybridized carbons (Fsp3) is 0.286. The molecule has 0 aliphatic rings. The van der Waals surface area contributed by atoms with Crippen LogP contribution in [0, 0.1) is 0 Å². The third-order valence-electron chi connectivity index (χ3n) is 2.96. The Labute approximate surface area is 90.4 Å². The van der Waals surface area contributed by atoms with Gasteiger partial charge in [0.25, 0.3) is 0 Å². The molecule has 0 bridgehead atoms. The molecule has 2 aromatic rings. The largest absolute Gasteiger partial charge is 0.396 e. The van der Waals surface area contributed by atoms with Crippen LogP contribution in [0.25, 0.3) is 10.8 Å². The van der Waals surface area contributed by atoms with Crippen LogP contribution in [0.2, 0.25) is 0 Å². The molecule has 0 saturated heterocycles. The van der Waals surface area contributed by atoms with E-state index >= 15 is 0 Å². The topological polar surface area (TPSA) is 20.2 Å². The molecule has 0 spiro atoms. The predicted molar refractivity (Wildman–Crippen MR) is 64.1 cm³/mol. The van der Waals surface area contributed by atoms with Gasteiger partial charge >= 0.3 is 0 Å². The third-order valence-corrected chi connectivity index (χ3v) is 2.96. The highest BCUT2D eigenvalue weighted by atomic mass is 16.3. The fourth-order valence-electron chi connectivity index (χ4n) is 1.93. The van der Waals surface area contributed by atoms with Crippen molar-refractivity contribution in [1.29, 1.82) is 0 Å². The number of benzene rings is 2. The molecule has 2 aromatic carbocycles. The smallest absolute Gasteiger partial charge is 0.0499 e. The van der Waals surface area contributed by atoms with Crippen molar-refractivity contribution < 1.29 is 5.11 Å². The molecule has 2 rings (SSSR count). The highest BCUT2D eigenvalue weighted by molar-refractivity contribution is 5.83. The SMILES string of the molecule is CCC(CO)c1ccc2ccccc2c1. The van der Waals surface area contributed by atoms with Crippen molar-refractivity contribution in [2.75, 3.05) is 6.61 Å². The second kappa shape index (κ2) is 4.45. The first-order valence-electron chi connectivity index (χ1n) is 5.44. The molecule has 1 atom stereocenters. The van der Waals surface area contributed by atoms with E-state index in [1.807, 2.05) is 12.1 Å². The first-order chi connectivity index (χ1) is 7.35. The van der Waals surface area contributed by atoms with Crippen LogP contribution < -0.4 is 0 Å². The molecule has 0 saturated carbocycles. The minimum atomic E-state index is 0.231. The van der Waals surface area contributed by atoms with Crippen LogP contribution in [0.5, 0.6) is 0 Å². The number of fused-ring (bicyclic) bond motifs is 1. The lowest BCUT2D eigenvalue weighted by Crippen LogP contribution is -2.02. The molecular formula is C14H16O. The van der Waals surface area contributed by atoms with E-state index < -0.39 is 0 Å². The molecule has 0 aromatic heterocycles. The summed E-state index contributed by atoms with van der Waals surface area (Å²) < 4.78 is 0. The van der Waals surface area contributed by atoms with E-state index in [1.165, 1.54) is 16.3 Å². The van der Waals surface area contributed by atoms with Gasteiger partial charge < -0.3 is 5.11 Å². The maximum atomic E-state index is 9.25. The molecule has 0 radical (unpaired) electrons. The van der Waals surface area contributed by atoms with Crippen LogP contribution in [0.15, 0.2) is 42.5 Å². The first-order valence-corrected chi connectivity index (χ1v) is 5.44. The summed E-state index contributed by atoms with van der Waals surface area (Å²) in [4.78, 5) is 0. The molecule has 78 valence electrons. The zero-order valence-electron chi connectivity index (χ0n) is 8.98. The van der Waals surface area contributed by atoms with Crippen LogP contribution >= 0.6 is 0 Å². The highest BCUT2D eigenvalue weighted by Gasteiger charge is 2.07. The molecule has 0 heterocycles. The van der Waals surface area contributed by atoms with Crippen LogP contribution in [-0.4, -0.2) is 11.7 Å². The summed E-state index contributed by atoms with van der Waals surface area (Å²) in [6.45, 7) is 2.34.